The molecule has 0 amide bonds. The van der Waals surface area contributed by atoms with Crippen LogP contribution in [0, 0.1) is 11.8 Å². The van der Waals surface area contributed by atoms with E-state index in [1.807, 2.05) is 12.1 Å². The van der Waals surface area contributed by atoms with Gasteiger partial charge in [-0.05, 0) is 48.6 Å². The molecule has 0 aliphatic heterocycles. The summed E-state index contributed by atoms with van der Waals surface area (Å²) in [7, 11) is 0. The van der Waals surface area contributed by atoms with E-state index in [0.717, 1.165) is 11.5 Å². The topological polar surface area (TPSA) is 20.2 Å². The fourth-order valence-corrected chi connectivity index (χ4v) is 3.21. The second kappa shape index (κ2) is 5.71. The first kappa shape index (κ1) is 13.4. The van der Waals surface area contributed by atoms with Gasteiger partial charge in [0.1, 0.15) is 0 Å². The Labute approximate surface area is 111 Å². The maximum absolute atomic E-state index is 9.11. The van der Waals surface area contributed by atoms with Gasteiger partial charge in [-0.2, -0.15) is 0 Å². The zero-order valence-electron chi connectivity index (χ0n) is 11.5. The molecule has 0 radical (unpaired) electrons. The summed E-state index contributed by atoms with van der Waals surface area (Å²) >= 11 is 0. The molecule has 0 spiro atoms. The minimum absolute atomic E-state index is 0.130. The van der Waals surface area contributed by atoms with E-state index in [1.54, 1.807) is 0 Å². The van der Waals surface area contributed by atoms with Crippen molar-refractivity contribution in [1.29, 1.82) is 0 Å². The molecule has 18 heavy (non-hydrogen) atoms. The number of hydrogen-bond donors (Lipinski definition) is 1. The fourth-order valence-electron chi connectivity index (χ4n) is 3.21. The maximum Gasteiger partial charge on any atom is 0.0681 e. The smallest absolute Gasteiger partial charge is 0.0681 e. The van der Waals surface area contributed by atoms with E-state index in [-0.39, 0.29) is 6.61 Å². The highest BCUT2D eigenvalue weighted by Gasteiger charge is 2.29. The minimum Gasteiger partial charge on any atom is -0.392 e. The SMILES string of the molecule is C=C(C)[C@@H]1CC[C@@H](C)C[C@H]1c1ccc(CO)cc1. The van der Waals surface area contributed by atoms with Gasteiger partial charge >= 0.3 is 0 Å². The first-order valence-electron chi connectivity index (χ1n) is 6.97. The molecule has 1 heteroatoms. The molecule has 3 atom stereocenters. The number of allylic oxidation sites excluding steroid dienone is 1. The molecule has 0 unspecified atom stereocenters. The zero-order chi connectivity index (χ0) is 13.1. The third-order valence-electron chi connectivity index (χ3n) is 4.34. The van der Waals surface area contributed by atoms with Crippen LogP contribution < -0.4 is 0 Å². The van der Waals surface area contributed by atoms with E-state index in [2.05, 4.69) is 32.6 Å². The Morgan fingerprint density at radius 3 is 2.50 bits per heavy atom. The van der Waals surface area contributed by atoms with Gasteiger partial charge in [-0.3, -0.25) is 0 Å². The van der Waals surface area contributed by atoms with E-state index in [4.69, 9.17) is 5.11 Å². The number of benzene rings is 1. The van der Waals surface area contributed by atoms with E-state index in [0.29, 0.717) is 11.8 Å². The van der Waals surface area contributed by atoms with Gasteiger partial charge in [-0.15, -0.1) is 0 Å². The summed E-state index contributed by atoms with van der Waals surface area (Å²) in [5.74, 6) is 2.04. The molecule has 0 saturated heterocycles. The highest BCUT2D eigenvalue weighted by Crippen LogP contribution is 2.43. The van der Waals surface area contributed by atoms with Gasteiger partial charge in [0, 0.05) is 0 Å². The van der Waals surface area contributed by atoms with Crippen molar-refractivity contribution in [3.8, 4) is 0 Å². The third kappa shape index (κ3) is 2.84. The summed E-state index contributed by atoms with van der Waals surface area (Å²) < 4.78 is 0. The Morgan fingerprint density at radius 2 is 1.94 bits per heavy atom. The van der Waals surface area contributed by atoms with Crippen LogP contribution in [0.2, 0.25) is 0 Å². The van der Waals surface area contributed by atoms with Gasteiger partial charge in [0.2, 0.25) is 0 Å². The van der Waals surface area contributed by atoms with Crippen molar-refractivity contribution in [1.82, 2.24) is 0 Å². The summed E-state index contributed by atoms with van der Waals surface area (Å²) in [6.45, 7) is 8.82. The van der Waals surface area contributed by atoms with Crippen molar-refractivity contribution in [3.63, 3.8) is 0 Å². The van der Waals surface area contributed by atoms with Crippen molar-refractivity contribution in [2.24, 2.45) is 11.8 Å². The molecule has 1 N–H and O–H groups in total. The van der Waals surface area contributed by atoms with Crippen molar-refractivity contribution in [3.05, 3.63) is 47.5 Å². The number of rotatable bonds is 3. The lowest BCUT2D eigenvalue weighted by Gasteiger charge is -2.35. The third-order valence-corrected chi connectivity index (χ3v) is 4.34. The molecule has 1 aromatic carbocycles. The predicted molar refractivity (Wildman–Crippen MR) is 76.4 cm³/mol. The maximum atomic E-state index is 9.11. The second-order valence-electron chi connectivity index (χ2n) is 5.88. The molecule has 0 aromatic heterocycles. The summed E-state index contributed by atoms with van der Waals surface area (Å²) in [5.41, 5.74) is 3.72. The standard InChI is InChI=1S/C17H24O/c1-12(2)16-9-4-13(3)10-17(16)15-7-5-14(11-18)6-8-15/h5-8,13,16-18H,1,4,9-11H2,2-3H3/t13-,16+,17+/m1/s1. The Kier molecular flexibility index (Phi) is 4.23. The predicted octanol–water partition coefficient (Wildman–Crippen LogP) is 4.27. The molecule has 0 bridgehead atoms. The largest absolute Gasteiger partial charge is 0.392 e. The van der Waals surface area contributed by atoms with Gasteiger partial charge in [-0.1, -0.05) is 49.8 Å². The van der Waals surface area contributed by atoms with Gasteiger partial charge in [0.05, 0.1) is 6.61 Å². The average molecular weight is 244 g/mol. The Morgan fingerprint density at radius 1 is 1.28 bits per heavy atom. The lowest BCUT2D eigenvalue weighted by Crippen LogP contribution is -2.22. The fraction of sp³-hybridized carbons (Fsp3) is 0.529. The van der Waals surface area contributed by atoms with Gasteiger partial charge < -0.3 is 5.11 Å². The monoisotopic (exact) mass is 244 g/mol. The molecule has 98 valence electrons. The number of aliphatic hydroxyl groups excluding tert-OH is 1. The van der Waals surface area contributed by atoms with Crippen LogP contribution in [0.15, 0.2) is 36.4 Å². The molecule has 1 fully saturated rings. The van der Waals surface area contributed by atoms with E-state index < -0.39 is 0 Å². The van der Waals surface area contributed by atoms with Gasteiger partial charge in [-0.25, -0.2) is 0 Å². The van der Waals surface area contributed by atoms with Gasteiger partial charge in [0.15, 0.2) is 0 Å². The van der Waals surface area contributed by atoms with E-state index in [1.165, 1.54) is 30.4 Å². The molecule has 1 aliphatic rings. The molecule has 0 heterocycles. The minimum atomic E-state index is 0.130. The van der Waals surface area contributed by atoms with Crippen molar-refractivity contribution < 1.29 is 5.11 Å². The highest BCUT2D eigenvalue weighted by atomic mass is 16.3. The van der Waals surface area contributed by atoms with Gasteiger partial charge in [0.25, 0.3) is 0 Å². The first-order valence-corrected chi connectivity index (χ1v) is 6.97. The molecule has 2 rings (SSSR count). The molecule has 1 aromatic rings. The van der Waals surface area contributed by atoms with Crippen LogP contribution in [-0.2, 0) is 6.61 Å². The van der Waals surface area contributed by atoms with Crippen LogP contribution in [0.3, 0.4) is 0 Å². The molecule has 1 nitrogen and oxygen atoms in total. The Balaban J connectivity index is 2.23. The molecular weight excluding hydrogens is 220 g/mol. The van der Waals surface area contributed by atoms with Crippen molar-refractivity contribution in [2.45, 2.75) is 45.6 Å². The van der Waals surface area contributed by atoms with Crippen molar-refractivity contribution in [2.75, 3.05) is 0 Å². The lowest BCUT2D eigenvalue weighted by atomic mass is 9.69. The van der Waals surface area contributed by atoms with Crippen LogP contribution in [0.4, 0.5) is 0 Å². The van der Waals surface area contributed by atoms with Crippen LogP contribution >= 0.6 is 0 Å². The summed E-state index contributed by atoms with van der Waals surface area (Å²) in [4.78, 5) is 0. The summed E-state index contributed by atoms with van der Waals surface area (Å²) in [6, 6.07) is 8.46. The van der Waals surface area contributed by atoms with Crippen molar-refractivity contribution >= 4 is 0 Å². The van der Waals surface area contributed by atoms with E-state index in [9.17, 15) is 0 Å². The molecular formula is C17H24O. The summed E-state index contributed by atoms with van der Waals surface area (Å²) in [5, 5.41) is 9.11. The Bertz CT molecular complexity index is 404. The quantitative estimate of drug-likeness (QED) is 0.787. The average Bonchev–Trinajstić information content (AvgIpc) is 2.38. The number of aliphatic hydroxyl groups is 1. The summed E-state index contributed by atoms with van der Waals surface area (Å²) in [6.07, 6.45) is 3.85. The van der Waals surface area contributed by atoms with Crippen LogP contribution in [0.1, 0.15) is 50.2 Å². The molecule has 1 aliphatic carbocycles. The lowest BCUT2D eigenvalue weighted by molar-refractivity contribution is 0.276. The van der Waals surface area contributed by atoms with Crippen LogP contribution in [0.25, 0.3) is 0 Å². The van der Waals surface area contributed by atoms with Crippen LogP contribution in [-0.4, -0.2) is 5.11 Å². The normalized spacial score (nSPS) is 28.1. The first-order chi connectivity index (χ1) is 8.61. The zero-order valence-corrected chi connectivity index (χ0v) is 11.5. The molecule has 1 saturated carbocycles. The van der Waals surface area contributed by atoms with Crippen LogP contribution in [0.5, 0.6) is 0 Å². The number of hydrogen-bond acceptors (Lipinski definition) is 1. The second-order valence-corrected chi connectivity index (χ2v) is 5.88. The Hall–Kier alpha value is -1.08. The highest BCUT2D eigenvalue weighted by molar-refractivity contribution is 5.28. The van der Waals surface area contributed by atoms with E-state index >= 15 is 0 Å².